The van der Waals surface area contributed by atoms with Gasteiger partial charge in [-0.15, -0.1) is 11.3 Å². The minimum atomic E-state index is 0.192. The number of ketones is 1. The van der Waals surface area contributed by atoms with Gasteiger partial charge in [0, 0.05) is 17.9 Å². The molecule has 72 valence electrons. The lowest BCUT2D eigenvalue weighted by molar-refractivity contribution is 0.0993. The number of thioether (sulfide) groups is 1. The third kappa shape index (κ3) is 3.93. The maximum Gasteiger partial charge on any atom is 0.173 e. The predicted octanol–water partition coefficient (Wildman–Crippen LogP) is 2.05. The second kappa shape index (κ2) is 6.18. The fourth-order valence-corrected chi connectivity index (χ4v) is 2.25. The summed E-state index contributed by atoms with van der Waals surface area (Å²) in [6, 6.07) is 3.74. The molecule has 1 heterocycles. The standard InChI is InChI=1S/C9H12O2S2/c10-4-7-12-6-3-8(11)9-2-1-5-13-9/h1-2,5,10H,3-4,6-7H2. The molecule has 0 aliphatic heterocycles. The van der Waals surface area contributed by atoms with E-state index in [0.717, 1.165) is 16.4 Å². The van der Waals surface area contributed by atoms with Crippen LogP contribution in [-0.2, 0) is 0 Å². The first-order valence-corrected chi connectivity index (χ1v) is 6.13. The van der Waals surface area contributed by atoms with Crippen LogP contribution in [0.1, 0.15) is 16.1 Å². The van der Waals surface area contributed by atoms with Crippen LogP contribution in [0.15, 0.2) is 17.5 Å². The Labute approximate surface area is 86.0 Å². The van der Waals surface area contributed by atoms with Crippen LogP contribution in [0.4, 0.5) is 0 Å². The molecule has 1 aromatic rings. The largest absolute Gasteiger partial charge is 0.396 e. The molecule has 0 radical (unpaired) electrons. The highest BCUT2D eigenvalue weighted by molar-refractivity contribution is 7.99. The van der Waals surface area contributed by atoms with Crippen molar-refractivity contribution in [2.75, 3.05) is 18.1 Å². The summed E-state index contributed by atoms with van der Waals surface area (Å²) in [7, 11) is 0. The summed E-state index contributed by atoms with van der Waals surface area (Å²) >= 11 is 3.10. The van der Waals surface area contributed by atoms with E-state index in [9.17, 15) is 4.79 Å². The van der Waals surface area contributed by atoms with Gasteiger partial charge in [-0.05, 0) is 11.4 Å². The molecular formula is C9H12O2S2. The molecule has 13 heavy (non-hydrogen) atoms. The Morgan fingerprint density at radius 2 is 2.38 bits per heavy atom. The van der Waals surface area contributed by atoms with Gasteiger partial charge in [-0.25, -0.2) is 0 Å². The first-order valence-electron chi connectivity index (χ1n) is 4.10. The minimum Gasteiger partial charge on any atom is -0.396 e. The van der Waals surface area contributed by atoms with E-state index in [0.29, 0.717) is 6.42 Å². The Bertz CT molecular complexity index is 244. The van der Waals surface area contributed by atoms with Gasteiger partial charge in [0.15, 0.2) is 5.78 Å². The highest BCUT2D eigenvalue weighted by Crippen LogP contribution is 2.13. The van der Waals surface area contributed by atoms with Crippen molar-refractivity contribution < 1.29 is 9.90 Å². The van der Waals surface area contributed by atoms with E-state index in [1.54, 1.807) is 11.8 Å². The first-order chi connectivity index (χ1) is 6.34. The Hall–Kier alpha value is -0.320. The monoisotopic (exact) mass is 216 g/mol. The SMILES string of the molecule is O=C(CCSCCO)c1cccs1. The Morgan fingerprint density at radius 1 is 1.54 bits per heavy atom. The van der Waals surface area contributed by atoms with Crippen molar-refractivity contribution in [1.29, 1.82) is 0 Å². The molecule has 1 N–H and O–H groups in total. The number of aliphatic hydroxyl groups is 1. The lowest BCUT2D eigenvalue weighted by Gasteiger charge is -1.97. The molecular weight excluding hydrogens is 204 g/mol. The zero-order valence-corrected chi connectivity index (χ0v) is 8.87. The molecule has 0 fully saturated rings. The Morgan fingerprint density at radius 3 is 3.00 bits per heavy atom. The van der Waals surface area contributed by atoms with Crippen LogP contribution in [0.5, 0.6) is 0 Å². The van der Waals surface area contributed by atoms with E-state index in [1.807, 2.05) is 17.5 Å². The minimum absolute atomic E-state index is 0.192. The van der Waals surface area contributed by atoms with Crippen molar-refractivity contribution in [2.24, 2.45) is 0 Å². The molecule has 0 aliphatic rings. The van der Waals surface area contributed by atoms with Crippen LogP contribution in [0.2, 0.25) is 0 Å². The number of hydrogen-bond donors (Lipinski definition) is 1. The van der Waals surface area contributed by atoms with Crippen molar-refractivity contribution >= 4 is 28.9 Å². The lowest BCUT2D eigenvalue weighted by atomic mass is 10.3. The van der Waals surface area contributed by atoms with Gasteiger partial charge in [-0.1, -0.05) is 6.07 Å². The summed E-state index contributed by atoms with van der Waals surface area (Å²) in [5.74, 6) is 1.73. The summed E-state index contributed by atoms with van der Waals surface area (Å²) in [5, 5.41) is 10.4. The molecule has 1 rings (SSSR count). The molecule has 0 amide bonds. The average Bonchev–Trinajstić information content (AvgIpc) is 2.65. The van der Waals surface area contributed by atoms with E-state index in [-0.39, 0.29) is 12.4 Å². The first kappa shape index (κ1) is 10.8. The van der Waals surface area contributed by atoms with Crippen LogP contribution in [-0.4, -0.2) is 29.0 Å². The van der Waals surface area contributed by atoms with E-state index < -0.39 is 0 Å². The van der Waals surface area contributed by atoms with Crippen molar-refractivity contribution in [3.8, 4) is 0 Å². The molecule has 0 saturated carbocycles. The summed E-state index contributed by atoms with van der Waals surface area (Å²) < 4.78 is 0. The summed E-state index contributed by atoms with van der Waals surface area (Å²) in [4.78, 5) is 12.2. The van der Waals surface area contributed by atoms with Gasteiger partial charge >= 0.3 is 0 Å². The quantitative estimate of drug-likeness (QED) is 0.584. The molecule has 0 unspecified atom stereocenters. The number of hydrogen-bond acceptors (Lipinski definition) is 4. The molecule has 0 saturated heterocycles. The highest BCUT2D eigenvalue weighted by Gasteiger charge is 2.05. The maximum absolute atomic E-state index is 11.4. The maximum atomic E-state index is 11.4. The van der Waals surface area contributed by atoms with E-state index >= 15 is 0 Å². The normalized spacial score (nSPS) is 10.2. The number of thiophene rings is 1. The van der Waals surface area contributed by atoms with Gasteiger partial charge in [0.05, 0.1) is 11.5 Å². The van der Waals surface area contributed by atoms with Crippen LogP contribution in [0, 0.1) is 0 Å². The number of aliphatic hydroxyl groups excluding tert-OH is 1. The molecule has 0 spiro atoms. The fourth-order valence-electron chi connectivity index (χ4n) is 0.892. The number of carbonyl (C=O) groups is 1. The van der Waals surface area contributed by atoms with Crippen molar-refractivity contribution in [2.45, 2.75) is 6.42 Å². The molecule has 4 heteroatoms. The van der Waals surface area contributed by atoms with Crippen LogP contribution >= 0.6 is 23.1 Å². The molecule has 0 bridgehead atoms. The van der Waals surface area contributed by atoms with Gasteiger partial charge in [0.1, 0.15) is 0 Å². The van der Waals surface area contributed by atoms with Gasteiger partial charge in [0.2, 0.25) is 0 Å². The summed E-state index contributed by atoms with van der Waals surface area (Å²) in [6.45, 7) is 0.192. The lowest BCUT2D eigenvalue weighted by Crippen LogP contribution is -1.98. The van der Waals surface area contributed by atoms with Crippen molar-refractivity contribution in [3.63, 3.8) is 0 Å². The topological polar surface area (TPSA) is 37.3 Å². The molecule has 0 atom stereocenters. The Kier molecular flexibility index (Phi) is 5.12. The second-order valence-corrected chi connectivity index (χ2v) is 4.66. The van der Waals surface area contributed by atoms with Crippen LogP contribution < -0.4 is 0 Å². The summed E-state index contributed by atoms with van der Waals surface area (Å²) in [5.41, 5.74) is 0. The predicted molar refractivity (Wildman–Crippen MR) is 57.7 cm³/mol. The number of rotatable bonds is 6. The van der Waals surface area contributed by atoms with Gasteiger partial charge < -0.3 is 5.11 Å². The van der Waals surface area contributed by atoms with Crippen LogP contribution in [0.3, 0.4) is 0 Å². The van der Waals surface area contributed by atoms with Gasteiger partial charge in [-0.3, -0.25) is 4.79 Å². The molecule has 0 aliphatic carbocycles. The third-order valence-corrected chi connectivity index (χ3v) is 3.38. The summed E-state index contributed by atoms with van der Waals surface area (Å²) in [6.07, 6.45) is 0.575. The number of carbonyl (C=O) groups excluding carboxylic acids is 1. The average molecular weight is 216 g/mol. The number of Topliss-reactive ketones (excluding diaryl/α,β-unsaturated/α-hetero) is 1. The zero-order chi connectivity index (χ0) is 9.52. The van der Waals surface area contributed by atoms with E-state index in [2.05, 4.69) is 0 Å². The highest BCUT2D eigenvalue weighted by atomic mass is 32.2. The molecule has 1 aromatic heterocycles. The smallest absolute Gasteiger partial charge is 0.173 e. The second-order valence-electron chi connectivity index (χ2n) is 2.49. The van der Waals surface area contributed by atoms with Crippen molar-refractivity contribution in [1.82, 2.24) is 0 Å². The van der Waals surface area contributed by atoms with Gasteiger partial charge in [0.25, 0.3) is 0 Å². The zero-order valence-electron chi connectivity index (χ0n) is 7.23. The van der Waals surface area contributed by atoms with Crippen molar-refractivity contribution in [3.05, 3.63) is 22.4 Å². The third-order valence-electron chi connectivity index (χ3n) is 1.51. The molecule has 2 nitrogen and oxygen atoms in total. The van der Waals surface area contributed by atoms with Crippen LogP contribution in [0.25, 0.3) is 0 Å². The van der Waals surface area contributed by atoms with E-state index in [4.69, 9.17) is 5.11 Å². The fraction of sp³-hybridized carbons (Fsp3) is 0.444. The van der Waals surface area contributed by atoms with Gasteiger partial charge in [-0.2, -0.15) is 11.8 Å². The molecule has 0 aromatic carbocycles. The Balaban J connectivity index is 2.19. The van der Waals surface area contributed by atoms with E-state index in [1.165, 1.54) is 11.3 Å².